The van der Waals surface area contributed by atoms with Crippen LogP contribution in [0.1, 0.15) is 41.6 Å². The highest BCUT2D eigenvalue weighted by molar-refractivity contribution is 6.04. The molecule has 4 N–H and O–H groups in total. The maximum Gasteiger partial charge on any atom is 0.296 e. The fraction of sp³-hybridized carbons (Fsp3) is 0.160. The minimum absolute atomic E-state index is 0.271. The van der Waals surface area contributed by atoms with Gasteiger partial charge in [0.15, 0.2) is 0 Å². The summed E-state index contributed by atoms with van der Waals surface area (Å²) in [4.78, 5) is 37.7. The zero-order valence-corrected chi connectivity index (χ0v) is 19.0. The molecule has 3 heterocycles. The number of carbonyl (C=O) groups is 2. The van der Waals surface area contributed by atoms with Gasteiger partial charge in [0.2, 0.25) is 0 Å². The zero-order chi connectivity index (χ0) is 24.2. The lowest BCUT2D eigenvalue weighted by atomic mass is 10.1. The molecule has 0 spiro atoms. The van der Waals surface area contributed by atoms with E-state index in [0.717, 1.165) is 11.1 Å². The molecule has 0 aliphatic carbocycles. The van der Waals surface area contributed by atoms with Gasteiger partial charge < -0.3 is 16.4 Å². The average molecular weight is 454 g/mol. The predicted molar refractivity (Wildman–Crippen MR) is 130 cm³/mol. The van der Waals surface area contributed by atoms with Crippen LogP contribution in [0.2, 0.25) is 0 Å². The monoisotopic (exact) mass is 453 g/mol. The second-order valence-electron chi connectivity index (χ2n) is 7.67. The van der Waals surface area contributed by atoms with Crippen LogP contribution in [0.25, 0.3) is 16.8 Å². The molecule has 0 bridgehead atoms. The normalized spacial score (nSPS) is 11.4. The molecule has 0 aliphatic heterocycles. The van der Waals surface area contributed by atoms with E-state index in [2.05, 4.69) is 32.4 Å². The molecule has 4 rings (SSSR count). The van der Waals surface area contributed by atoms with Crippen molar-refractivity contribution >= 4 is 29.0 Å². The predicted octanol–water partition coefficient (Wildman–Crippen LogP) is 3.13. The summed E-state index contributed by atoms with van der Waals surface area (Å²) in [6, 6.07) is 10.2. The van der Waals surface area contributed by atoms with Gasteiger partial charge in [-0.1, -0.05) is 24.1 Å². The summed E-state index contributed by atoms with van der Waals surface area (Å²) in [7, 11) is 0. The summed E-state index contributed by atoms with van der Waals surface area (Å²) in [5.41, 5.74) is 9.62. The largest absolute Gasteiger partial charge is 0.382 e. The summed E-state index contributed by atoms with van der Waals surface area (Å²) in [6.45, 7) is 5.34. The summed E-state index contributed by atoms with van der Waals surface area (Å²) < 4.78 is 1.80. The maximum absolute atomic E-state index is 12.6. The van der Waals surface area contributed by atoms with E-state index in [4.69, 9.17) is 10.7 Å². The molecule has 3 aromatic heterocycles. The van der Waals surface area contributed by atoms with Crippen LogP contribution in [0.5, 0.6) is 0 Å². The zero-order valence-electron chi connectivity index (χ0n) is 19.0. The van der Waals surface area contributed by atoms with E-state index in [1.807, 2.05) is 19.9 Å². The van der Waals surface area contributed by atoms with Crippen molar-refractivity contribution < 1.29 is 9.59 Å². The Balaban J connectivity index is 1.65. The number of hydrogen-bond acceptors (Lipinski definition) is 6. The first-order valence-electron chi connectivity index (χ1n) is 10.6. The summed E-state index contributed by atoms with van der Waals surface area (Å²) in [5, 5.41) is 5.59. The van der Waals surface area contributed by atoms with Crippen LogP contribution in [-0.2, 0) is 4.79 Å². The number of aryl methyl sites for hydroxylation is 1. The standard InChI is InChI=1S/C25H23N7O2/c1-4-5-20(33)29-16(3)24-31-21(22-23(26)27-12-13-32(22)24)17-7-9-18(10-8-17)25(34)30-19-11-6-15(2)14-28-19/h6-14,16H,1-3H3,(H2,26,27)(H,29,33)(H,28,30,34). The highest BCUT2D eigenvalue weighted by Gasteiger charge is 2.21. The van der Waals surface area contributed by atoms with E-state index in [9.17, 15) is 9.59 Å². The number of amides is 2. The van der Waals surface area contributed by atoms with Crippen molar-refractivity contribution in [2.24, 2.45) is 0 Å². The van der Waals surface area contributed by atoms with Crippen molar-refractivity contribution in [2.45, 2.75) is 26.8 Å². The molecule has 9 heteroatoms. The minimum Gasteiger partial charge on any atom is -0.382 e. The van der Waals surface area contributed by atoms with Crippen LogP contribution in [0.4, 0.5) is 11.6 Å². The fourth-order valence-electron chi connectivity index (χ4n) is 3.51. The molecule has 1 aromatic carbocycles. The molecule has 0 aliphatic rings. The molecule has 9 nitrogen and oxygen atoms in total. The number of hydrogen-bond donors (Lipinski definition) is 3. The van der Waals surface area contributed by atoms with Crippen LogP contribution in [0.15, 0.2) is 55.0 Å². The van der Waals surface area contributed by atoms with Crippen molar-refractivity contribution in [3.63, 3.8) is 0 Å². The number of pyridine rings is 1. The van der Waals surface area contributed by atoms with Crippen LogP contribution < -0.4 is 16.4 Å². The van der Waals surface area contributed by atoms with Crippen LogP contribution >= 0.6 is 0 Å². The van der Waals surface area contributed by atoms with Gasteiger partial charge in [0, 0.05) is 29.7 Å². The molecule has 170 valence electrons. The molecule has 1 atom stereocenters. The second kappa shape index (κ2) is 9.42. The van der Waals surface area contributed by atoms with Crippen LogP contribution in [0.3, 0.4) is 0 Å². The Morgan fingerprint density at radius 2 is 1.88 bits per heavy atom. The summed E-state index contributed by atoms with van der Waals surface area (Å²) in [5.74, 6) is 5.74. The molecule has 0 fully saturated rings. The number of carbonyl (C=O) groups excluding carboxylic acids is 2. The highest BCUT2D eigenvalue weighted by Crippen LogP contribution is 2.30. The molecular formula is C25H23N7O2. The average Bonchev–Trinajstić information content (AvgIpc) is 3.22. The van der Waals surface area contributed by atoms with Gasteiger partial charge >= 0.3 is 0 Å². The quantitative estimate of drug-likeness (QED) is 0.399. The molecular weight excluding hydrogens is 430 g/mol. The van der Waals surface area contributed by atoms with Crippen molar-refractivity contribution in [3.8, 4) is 23.1 Å². The molecule has 34 heavy (non-hydrogen) atoms. The molecule has 0 saturated heterocycles. The Morgan fingerprint density at radius 1 is 1.12 bits per heavy atom. The van der Waals surface area contributed by atoms with Crippen LogP contribution in [-0.4, -0.2) is 31.2 Å². The lowest BCUT2D eigenvalue weighted by Crippen LogP contribution is -2.26. The van der Waals surface area contributed by atoms with Gasteiger partial charge in [0.25, 0.3) is 11.8 Å². The topological polar surface area (TPSA) is 127 Å². The number of anilines is 2. The van der Waals surface area contributed by atoms with Crippen LogP contribution in [0, 0.1) is 18.8 Å². The third-order valence-electron chi connectivity index (χ3n) is 5.16. The SMILES string of the molecule is CC#CC(=O)NC(C)c1nc(-c2ccc(C(=O)Nc3ccc(C)cn3)cc2)c2c(N)nccn12. The van der Waals surface area contributed by atoms with Gasteiger partial charge in [-0.15, -0.1) is 0 Å². The molecule has 0 radical (unpaired) electrons. The molecule has 2 amide bonds. The Labute approximate surface area is 196 Å². The smallest absolute Gasteiger partial charge is 0.296 e. The van der Waals surface area contributed by atoms with Gasteiger partial charge in [-0.3, -0.25) is 14.0 Å². The number of nitrogen functional groups attached to an aromatic ring is 1. The van der Waals surface area contributed by atoms with Gasteiger partial charge in [-0.05, 0) is 50.5 Å². The first kappa shape index (κ1) is 22.5. The van der Waals surface area contributed by atoms with Gasteiger partial charge in [0.05, 0.1) is 6.04 Å². The molecule has 0 saturated carbocycles. The van der Waals surface area contributed by atoms with E-state index in [-0.39, 0.29) is 5.91 Å². The van der Waals surface area contributed by atoms with E-state index in [1.165, 1.54) is 0 Å². The number of rotatable bonds is 5. The maximum atomic E-state index is 12.6. The van der Waals surface area contributed by atoms with Crippen molar-refractivity contribution in [1.29, 1.82) is 0 Å². The van der Waals surface area contributed by atoms with Gasteiger partial charge in [0.1, 0.15) is 28.7 Å². The first-order valence-corrected chi connectivity index (χ1v) is 10.6. The van der Waals surface area contributed by atoms with E-state index in [0.29, 0.717) is 34.2 Å². The Hall–Kier alpha value is -4.71. The van der Waals surface area contributed by atoms with E-state index in [1.54, 1.807) is 60.2 Å². The Kier molecular flexibility index (Phi) is 6.23. The van der Waals surface area contributed by atoms with Gasteiger partial charge in [-0.2, -0.15) is 0 Å². The summed E-state index contributed by atoms with van der Waals surface area (Å²) in [6.07, 6.45) is 5.00. The number of benzene rings is 1. The lowest BCUT2D eigenvalue weighted by molar-refractivity contribution is -0.116. The number of aromatic nitrogens is 4. The second-order valence-corrected chi connectivity index (χ2v) is 7.67. The fourth-order valence-corrected chi connectivity index (χ4v) is 3.51. The lowest BCUT2D eigenvalue weighted by Gasteiger charge is -2.10. The summed E-state index contributed by atoms with van der Waals surface area (Å²) >= 11 is 0. The molecule has 4 aromatic rings. The van der Waals surface area contributed by atoms with Crippen molar-refractivity contribution in [2.75, 3.05) is 11.1 Å². The number of nitrogens with one attached hydrogen (secondary N) is 2. The van der Waals surface area contributed by atoms with Crippen molar-refractivity contribution in [3.05, 3.63) is 71.9 Å². The number of nitrogens with zero attached hydrogens (tertiary/aromatic N) is 4. The first-order chi connectivity index (χ1) is 16.4. The Bertz CT molecular complexity index is 1430. The number of fused-ring (bicyclic) bond motifs is 1. The van der Waals surface area contributed by atoms with E-state index >= 15 is 0 Å². The number of nitrogens with two attached hydrogens (primary N) is 1. The third-order valence-corrected chi connectivity index (χ3v) is 5.16. The third kappa shape index (κ3) is 4.56. The highest BCUT2D eigenvalue weighted by atomic mass is 16.2. The van der Waals surface area contributed by atoms with Crippen molar-refractivity contribution in [1.82, 2.24) is 24.7 Å². The minimum atomic E-state index is -0.427. The van der Waals surface area contributed by atoms with E-state index < -0.39 is 11.9 Å². The van der Waals surface area contributed by atoms with Gasteiger partial charge in [-0.25, -0.2) is 15.0 Å². The molecule has 1 unspecified atom stereocenters. The number of imidazole rings is 1. The Morgan fingerprint density at radius 3 is 2.56 bits per heavy atom.